The zero-order chi connectivity index (χ0) is 22.1. The maximum Gasteiger partial charge on any atom is 0.187 e. The van der Waals surface area contributed by atoms with Gasteiger partial charge in [-0.15, -0.1) is 6.42 Å². The molecule has 5 heteroatoms. The Morgan fingerprint density at radius 2 is 1.94 bits per heavy atom. The zero-order valence-electron chi connectivity index (χ0n) is 18.9. The van der Waals surface area contributed by atoms with Gasteiger partial charge in [0.25, 0.3) is 0 Å². The summed E-state index contributed by atoms with van der Waals surface area (Å²) >= 11 is 1.80. The zero-order valence-corrected chi connectivity index (χ0v) is 19.7. The fraction of sp³-hybridized carbons (Fsp3) is 0.556. The summed E-state index contributed by atoms with van der Waals surface area (Å²) in [7, 11) is 0. The predicted octanol–water partition coefficient (Wildman–Crippen LogP) is 5.83. The van der Waals surface area contributed by atoms with Crippen molar-refractivity contribution in [2.45, 2.75) is 64.4 Å². The van der Waals surface area contributed by atoms with Gasteiger partial charge in [0.2, 0.25) is 0 Å². The molecular weight excluding hydrogens is 414 g/mol. The minimum atomic E-state index is -0.932. The van der Waals surface area contributed by atoms with Crippen molar-refractivity contribution in [1.82, 2.24) is 9.97 Å². The van der Waals surface area contributed by atoms with Gasteiger partial charge in [0.1, 0.15) is 5.60 Å². The Kier molecular flexibility index (Phi) is 4.42. The van der Waals surface area contributed by atoms with Crippen LogP contribution in [0.5, 0.6) is 0 Å². The smallest absolute Gasteiger partial charge is 0.187 e. The monoisotopic (exact) mass is 445 g/mol. The quantitative estimate of drug-likeness (QED) is 0.571. The van der Waals surface area contributed by atoms with Gasteiger partial charge in [0.05, 0.1) is 10.6 Å². The second kappa shape index (κ2) is 6.92. The number of fused-ring (bicyclic) bond motifs is 7. The number of aromatic nitrogens is 2. The molecule has 166 valence electrons. The van der Waals surface area contributed by atoms with Crippen molar-refractivity contribution in [3.05, 3.63) is 41.2 Å². The third-order valence-corrected chi connectivity index (χ3v) is 10.7. The molecule has 4 aliphatic rings. The summed E-state index contributed by atoms with van der Waals surface area (Å²) in [5.74, 6) is 4.60. The molecule has 2 aromatic heterocycles. The molecule has 2 fully saturated rings. The average Bonchev–Trinajstić information content (AvgIpc) is 3.32. The molecule has 2 heterocycles. The van der Waals surface area contributed by atoms with E-state index < -0.39 is 5.60 Å². The minimum absolute atomic E-state index is 0.142. The molecule has 6 rings (SSSR count). The second-order valence-electron chi connectivity index (χ2n) is 10.8. The first-order chi connectivity index (χ1) is 15.4. The molecule has 0 unspecified atom stereocenters. The molecule has 0 spiro atoms. The summed E-state index contributed by atoms with van der Waals surface area (Å²) in [5.41, 5.74) is 2.91. The van der Waals surface area contributed by atoms with E-state index in [9.17, 15) is 5.11 Å². The van der Waals surface area contributed by atoms with Crippen LogP contribution in [0.2, 0.25) is 0 Å². The fourth-order valence-corrected chi connectivity index (χ4v) is 8.95. The van der Waals surface area contributed by atoms with Gasteiger partial charge in [-0.25, -0.2) is 4.98 Å². The van der Waals surface area contributed by atoms with Crippen LogP contribution in [0.1, 0.15) is 62.9 Å². The van der Waals surface area contributed by atoms with Crippen LogP contribution in [0.4, 0.5) is 10.8 Å². The van der Waals surface area contributed by atoms with Gasteiger partial charge in [0, 0.05) is 23.5 Å². The Morgan fingerprint density at radius 1 is 1.16 bits per heavy atom. The standard InChI is InChI=1S/C27H31N3OS/c1-4-27(31)14-8-20-18-5-6-21-23-22(30-24(32-23)29-17-10-15-28-16-11-17)9-12-25(21,2)19(18)7-13-26(20,27)3/h1,6,10-11,15-16,18-20,31H,5,7-9,12-14H2,2-3H3,(H,28,29,30)/t18-,19+,20+,25-,26+,27+/m1/s1. The highest BCUT2D eigenvalue weighted by Gasteiger charge is 2.63. The molecule has 6 atom stereocenters. The Labute approximate surface area is 194 Å². The SMILES string of the molecule is C#C[C@]1(O)CC[C@H]2[C@@H]3CC=C4c5sc(Nc6ccncc6)nc5CC[C@]4(C)[C@H]3CC[C@@]21C. The van der Waals surface area contributed by atoms with Crippen molar-refractivity contribution >= 4 is 27.7 Å². The van der Waals surface area contributed by atoms with Gasteiger partial charge in [0.15, 0.2) is 5.13 Å². The van der Waals surface area contributed by atoms with Gasteiger partial charge < -0.3 is 10.4 Å². The molecule has 4 aliphatic carbocycles. The molecule has 4 nitrogen and oxygen atoms in total. The third kappa shape index (κ3) is 2.66. The number of hydrogen-bond donors (Lipinski definition) is 2. The molecule has 0 amide bonds. The average molecular weight is 446 g/mol. The van der Waals surface area contributed by atoms with Gasteiger partial charge >= 0.3 is 0 Å². The van der Waals surface area contributed by atoms with Crippen LogP contribution in [0.25, 0.3) is 5.57 Å². The maximum atomic E-state index is 11.2. The summed E-state index contributed by atoms with van der Waals surface area (Å²) < 4.78 is 0. The lowest BCUT2D eigenvalue weighted by Gasteiger charge is -2.57. The van der Waals surface area contributed by atoms with Crippen molar-refractivity contribution in [3.63, 3.8) is 0 Å². The molecule has 32 heavy (non-hydrogen) atoms. The number of nitrogens with zero attached hydrogens (tertiary/aromatic N) is 2. The van der Waals surface area contributed by atoms with Gasteiger partial charge in [-0.2, -0.15) is 0 Å². The minimum Gasteiger partial charge on any atom is -0.377 e. The van der Waals surface area contributed by atoms with E-state index in [1.54, 1.807) is 23.7 Å². The Morgan fingerprint density at radius 3 is 2.72 bits per heavy atom. The van der Waals surface area contributed by atoms with Crippen LogP contribution >= 0.6 is 11.3 Å². The summed E-state index contributed by atoms with van der Waals surface area (Å²) in [4.78, 5) is 10.4. The van der Waals surface area contributed by atoms with Crippen LogP contribution < -0.4 is 5.32 Å². The van der Waals surface area contributed by atoms with Crippen LogP contribution in [0.15, 0.2) is 30.6 Å². The molecular formula is C27H31N3OS. The van der Waals surface area contributed by atoms with Crippen LogP contribution in [-0.4, -0.2) is 20.7 Å². The van der Waals surface area contributed by atoms with E-state index in [0.717, 1.165) is 55.8 Å². The lowest BCUT2D eigenvalue weighted by molar-refractivity contribution is -0.0886. The highest BCUT2D eigenvalue weighted by molar-refractivity contribution is 7.16. The number of allylic oxidation sites excluding steroid dienone is 2. The second-order valence-corrected chi connectivity index (χ2v) is 11.8. The summed E-state index contributed by atoms with van der Waals surface area (Å²) in [6.07, 6.45) is 19.3. The summed E-state index contributed by atoms with van der Waals surface area (Å²) in [6, 6.07) is 3.96. The largest absolute Gasteiger partial charge is 0.377 e. The molecule has 0 radical (unpaired) electrons. The lowest BCUT2D eigenvalue weighted by Crippen LogP contribution is -2.53. The van der Waals surface area contributed by atoms with E-state index in [-0.39, 0.29) is 10.8 Å². The van der Waals surface area contributed by atoms with Crippen LogP contribution in [0, 0.1) is 40.9 Å². The number of pyridine rings is 1. The van der Waals surface area contributed by atoms with E-state index in [1.165, 1.54) is 16.1 Å². The van der Waals surface area contributed by atoms with Crippen molar-refractivity contribution < 1.29 is 5.11 Å². The van der Waals surface area contributed by atoms with Crippen molar-refractivity contribution in [2.24, 2.45) is 28.6 Å². The van der Waals surface area contributed by atoms with Gasteiger partial charge in [-0.05, 0) is 85.8 Å². The Balaban J connectivity index is 1.34. The molecule has 2 N–H and O–H groups in total. The normalized spacial score (nSPS) is 39.7. The van der Waals surface area contributed by atoms with E-state index >= 15 is 0 Å². The lowest BCUT2D eigenvalue weighted by atomic mass is 9.47. The fourth-order valence-electron chi connectivity index (χ4n) is 7.74. The van der Waals surface area contributed by atoms with Gasteiger partial charge in [-0.3, -0.25) is 4.98 Å². The molecule has 0 aromatic carbocycles. The summed E-state index contributed by atoms with van der Waals surface area (Å²) in [5, 5.41) is 15.7. The number of rotatable bonds is 2. The Bertz CT molecular complexity index is 1130. The molecule has 0 bridgehead atoms. The first-order valence-electron chi connectivity index (χ1n) is 12.0. The number of aryl methyl sites for hydroxylation is 1. The number of anilines is 2. The van der Waals surface area contributed by atoms with E-state index in [1.807, 2.05) is 12.1 Å². The first kappa shape index (κ1) is 20.4. The highest BCUT2D eigenvalue weighted by atomic mass is 32.1. The predicted molar refractivity (Wildman–Crippen MR) is 129 cm³/mol. The highest BCUT2D eigenvalue weighted by Crippen LogP contribution is 2.68. The van der Waals surface area contributed by atoms with Crippen molar-refractivity contribution in [3.8, 4) is 12.3 Å². The number of terminal acetylenes is 1. The number of nitrogens with one attached hydrogen (secondary N) is 1. The summed E-state index contributed by atoms with van der Waals surface area (Å²) in [6.45, 7) is 4.76. The van der Waals surface area contributed by atoms with E-state index in [0.29, 0.717) is 17.8 Å². The molecule has 0 saturated heterocycles. The van der Waals surface area contributed by atoms with Crippen molar-refractivity contribution in [2.75, 3.05) is 5.32 Å². The number of hydrogen-bond acceptors (Lipinski definition) is 5. The third-order valence-electron chi connectivity index (χ3n) is 9.61. The van der Waals surface area contributed by atoms with Crippen LogP contribution in [-0.2, 0) is 6.42 Å². The topological polar surface area (TPSA) is 58.0 Å². The van der Waals surface area contributed by atoms with Crippen LogP contribution in [0.3, 0.4) is 0 Å². The Hall–Kier alpha value is -2.16. The molecule has 2 aromatic rings. The molecule has 0 aliphatic heterocycles. The molecule has 2 saturated carbocycles. The van der Waals surface area contributed by atoms with E-state index in [4.69, 9.17) is 11.4 Å². The number of aliphatic hydroxyl groups is 1. The van der Waals surface area contributed by atoms with E-state index in [2.05, 4.69) is 36.1 Å². The number of thiazole rings is 1. The van der Waals surface area contributed by atoms with Gasteiger partial charge in [-0.1, -0.05) is 37.2 Å². The maximum absolute atomic E-state index is 11.2. The van der Waals surface area contributed by atoms with Crippen molar-refractivity contribution in [1.29, 1.82) is 0 Å². The first-order valence-corrected chi connectivity index (χ1v) is 12.8.